The van der Waals surface area contributed by atoms with E-state index in [2.05, 4.69) is 29.6 Å². The second-order valence-corrected chi connectivity index (χ2v) is 9.71. The molecule has 1 saturated carbocycles. The van der Waals surface area contributed by atoms with Crippen molar-refractivity contribution < 1.29 is 9.59 Å². The Morgan fingerprint density at radius 1 is 0.800 bits per heavy atom. The highest BCUT2D eigenvalue weighted by Gasteiger charge is 2.44. The molecule has 1 aliphatic rings. The van der Waals surface area contributed by atoms with Crippen molar-refractivity contribution in [3.63, 3.8) is 0 Å². The van der Waals surface area contributed by atoms with E-state index in [0.717, 1.165) is 43.2 Å². The van der Waals surface area contributed by atoms with E-state index >= 15 is 0 Å². The molecular formula is C31H36N2O2. The fourth-order valence-corrected chi connectivity index (χ4v) is 5.22. The predicted molar refractivity (Wildman–Crippen MR) is 141 cm³/mol. The van der Waals surface area contributed by atoms with E-state index in [1.54, 1.807) is 4.90 Å². The van der Waals surface area contributed by atoms with Gasteiger partial charge in [0, 0.05) is 19.0 Å². The van der Waals surface area contributed by atoms with Crippen molar-refractivity contribution in [1.82, 2.24) is 10.2 Å². The van der Waals surface area contributed by atoms with Crippen LogP contribution in [0.5, 0.6) is 0 Å². The van der Waals surface area contributed by atoms with Gasteiger partial charge in [-0.25, -0.2) is 0 Å². The van der Waals surface area contributed by atoms with Crippen LogP contribution in [0.4, 0.5) is 0 Å². The Labute approximate surface area is 209 Å². The molecule has 4 nitrogen and oxygen atoms in total. The first-order valence-electron chi connectivity index (χ1n) is 12.8. The van der Waals surface area contributed by atoms with Crippen molar-refractivity contribution in [2.75, 3.05) is 0 Å². The zero-order valence-corrected chi connectivity index (χ0v) is 20.4. The molecule has 0 saturated heterocycles. The number of hydrogen-bond acceptors (Lipinski definition) is 2. The zero-order chi connectivity index (χ0) is 24.3. The fraction of sp³-hybridized carbons (Fsp3) is 0.355. The maximum atomic E-state index is 14.2. The summed E-state index contributed by atoms with van der Waals surface area (Å²) in [6.45, 7) is 0.393. The number of nitrogens with zero attached hydrogens (tertiary/aromatic N) is 1. The first-order valence-corrected chi connectivity index (χ1v) is 12.8. The van der Waals surface area contributed by atoms with Crippen LogP contribution in [0.3, 0.4) is 0 Å². The van der Waals surface area contributed by atoms with E-state index in [1.165, 1.54) is 12.0 Å². The molecule has 0 radical (unpaired) electrons. The second-order valence-electron chi connectivity index (χ2n) is 9.71. The molecule has 3 aromatic carbocycles. The van der Waals surface area contributed by atoms with Crippen LogP contribution in [-0.4, -0.2) is 28.8 Å². The molecule has 2 amide bonds. The monoisotopic (exact) mass is 468 g/mol. The number of hydrogen-bond donors (Lipinski definition) is 1. The minimum Gasteiger partial charge on any atom is -0.351 e. The average Bonchev–Trinajstić information content (AvgIpc) is 2.92. The molecule has 0 bridgehead atoms. The molecule has 0 aliphatic heterocycles. The Morgan fingerprint density at radius 3 is 1.91 bits per heavy atom. The lowest BCUT2D eigenvalue weighted by Crippen LogP contribution is -2.61. The SMILES string of the molecule is O=CN(Cc1ccccc1)C(CCc1ccccc1)(Cc1ccccc1)C(=O)NC1CCCCC1. The molecule has 4 heteroatoms. The topological polar surface area (TPSA) is 49.4 Å². The predicted octanol–water partition coefficient (Wildman–Crippen LogP) is 5.71. The Hall–Kier alpha value is -3.40. The van der Waals surface area contributed by atoms with Gasteiger partial charge in [-0.2, -0.15) is 0 Å². The van der Waals surface area contributed by atoms with Gasteiger partial charge in [-0.15, -0.1) is 0 Å². The Morgan fingerprint density at radius 2 is 1.34 bits per heavy atom. The number of benzene rings is 3. The van der Waals surface area contributed by atoms with Crippen molar-refractivity contribution in [3.8, 4) is 0 Å². The summed E-state index contributed by atoms with van der Waals surface area (Å²) < 4.78 is 0. The summed E-state index contributed by atoms with van der Waals surface area (Å²) in [7, 11) is 0. The molecule has 1 fully saturated rings. The van der Waals surface area contributed by atoms with Crippen molar-refractivity contribution in [3.05, 3.63) is 108 Å². The first-order chi connectivity index (χ1) is 17.2. The number of nitrogens with one attached hydrogen (secondary N) is 1. The fourth-order valence-electron chi connectivity index (χ4n) is 5.22. The normalized spacial score (nSPS) is 15.7. The smallest absolute Gasteiger partial charge is 0.246 e. The number of rotatable bonds is 11. The molecule has 1 N–H and O–H groups in total. The summed E-state index contributed by atoms with van der Waals surface area (Å²) in [5.41, 5.74) is 2.24. The Kier molecular flexibility index (Phi) is 8.72. The van der Waals surface area contributed by atoms with Crippen LogP contribution in [0.25, 0.3) is 0 Å². The van der Waals surface area contributed by atoms with Gasteiger partial charge in [0.25, 0.3) is 0 Å². The lowest BCUT2D eigenvalue weighted by molar-refractivity contribution is -0.143. The van der Waals surface area contributed by atoms with Crippen molar-refractivity contribution in [2.45, 2.75) is 69.5 Å². The first kappa shape index (κ1) is 24.7. The summed E-state index contributed by atoms with van der Waals surface area (Å²) in [6.07, 6.45) is 8.14. The molecule has 4 rings (SSSR count). The van der Waals surface area contributed by atoms with Gasteiger partial charge in [0.05, 0.1) is 0 Å². The highest BCUT2D eigenvalue weighted by atomic mass is 16.2. The molecule has 1 unspecified atom stereocenters. The molecular weight excluding hydrogens is 432 g/mol. The molecule has 0 aromatic heterocycles. The number of amides is 2. The molecule has 0 heterocycles. The highest BCUT2D eigenvalue weighted by Crippen LogP contribution is 2.30. The van der Waals surface area contributed by atoms with Crippen molar-refractivity contribution in [1.29, 1.82) is 0 Å². The van der Waals surface area contributed by atoms with E-state index in [0.29, 0.717) is 25.8 Å². The van der Waals surface area contributed by atoms with Gasteiger partial charge >= 0.3 is 0 Å². The van der Waals surface area contributed by atoms with Crippen LogP contribution in [0.2, 0.25) is 0 Å². The van der Waals surface area contributed by atoms with Crippen LogP contribution in [-0.2, 0) is 29.0 Å². The zero-order valence-electron chi connectivity index (χ0n) is 20.4. The van der Waals surface area contributed by atoms with E-state index in [9.17, 15) is 9.59 Å². The lowest BCUT2D eigenvalue weighted by Gasteiger charge is -2.42. The minimum atomic E-state index is -0.994. The maximum Gasteiger partial charge on any atom is 0.246 e. The number of carbonyl (C=O) groups excluding carboxylic acids is 2. The van der Waals surface area contributed by atoms with Gasteiger partial charge in [-0.1, -0.05) is 110 Å². The third-order valence-corrected chi connectivity index (χ3v) is 7.25. The van der Waals surface area contributed by atoms with Crippen molar-refractivity contribution >= 4 is 12.3 Å². The summed E-state index contributed by atoms with van der Waals surface area (Å²) >= 11 is 0. The molecule has 0 spiro atoms. The van der Waals surface area contributed by atoms with Gasteiger partial charge < -0.3 is 10.2 Å². The van der Waals surface area contributed by atoms with E-state index < -0.39 is 5.54 Å². The minimum absolute atomic E-state index is 0.0350. The van der Waals surface area contributed by atoms with Gasteiger partial charge in [-0.05, 0) is 42.4 Å². The molecule has 3 aromatic rings. The summed E-state index contributed by atoms with van der Waals surface area (Å²) in [5, 5.41) is 3.38. The standard InChI is InChI=1S/C31H36N2O2/c34-25-33(24-28-17-9-3-10-18-28)31(23-27-15-7-2-8-16-27,22-21-26-13-5-1-6-14-26)30(35)32-29-19-11-4-12-20-29/h1-3,5-10,13-18,25,29H,4,11-12,19-24H2,(H,32,35). The van der Waals surface area contributed by atoms with Crippen LogP contribution >= 0.6 is 0 Å². The molecule has 182 valence electrons. The molecule has 1 aliphatic carbocycles. The number of carbonyl (C=O) groups is 2. The van der Waals surface area contributed by atoms with Gasteiger partial charge in [0.2, 0.25) is 12.3 Å². The summed E-state index contributed by atoms with van der Waals surface area (Å²) in [5.74, 6) is -0.0350. The van der Waals surface area contributed by atoms with E-state index in [1.807, 2.05) is 66.7 Å². The Balaban J connectivity index is 1.71. The van der Waals surface area contributed by atoms with Gasteiger partial charge in [-0.3, -0.25) is 9.59 Å². The second kappa shape index (κ2) is 12.3. The van der Waals surface area contributed by atoms with Gasteiger partial charge in [0.1, 0.15) is 5.54 Å². The van der Waals surface area contributed by atoms with Crippen LogP contribution in [0.15, 0.2) is 91.0 Å². The molecule has 35 heavy (non-hydrogen) atoms. The molecule has 1 atom stereocenters. The van der Waals surface area contributed by atoms with Crippen LogP contribution in [0.1, 0.15) is 55.2 Å². The van der Waals surface area contributed by atoms with Crippen LogP contribution < -0.4 is 5.32 Å². The third kappa shape index (κ3) is 6.60. The largest absolute Gasteiger partial charge is 0.351 e. The lowest BCUT2D eigenvalue weighted by atomic mass is 9.81. The summed E-state index contributed by atoms with van der Waals surface area (Å²) in [4.78, 5) is 28.7. The summed E-state index contributed by atoms with van der Waals surface area (Å²) in [6, 6.07) is 30.4. The van der Waals surface area contributed by atoms with Crippen LogP contribution in [0, 0.1) is 0 Å². The van der Waals surface area contributed by atoms with E-state index in [4.69, 9.17) is 0 Å². The quantitative estimate of drug-likeness (QED) is 0.367. The maximum absolute atomic E-state index is 14.2. The highest BCUT2D eigenvalue weighted by molar-refractivity contribution is 5.89. The number of aryl methyl sites for hydroxylation is 1. The third-order valence-electron chi connectivity index (χ3n) is 7.25. The van der Waals surface area contributed by atoms with Crippen molar-refractivity contribution in [2.24, 2.45) is 0 Å². The van der Waals surface area contributed by atoms with Gasteiger partial charge in [0.15, 0.2) is 0 Å². The Bertz CT molecular complexity index is 1050. The van der Waals surface area contributed by atoms with E-state index in [-0.39, 0.29) is 11.9 Å². The average molecular weight is 469 g/mol.